The lowest BCUT2D eigenvalue weighted by Crippen LogP contribution is -2.29. The number of para-hydroxylation sites is 1. The molecular weight excluding hydrogens is 346 g/mol. The molecule has 6 heteroatoms. The van der Waals surface area contributed by atoms with E-state index < -0.39 is 0 Å². The van der Waals surface area contributed by atoms with Crippen LogP contribution in [-0.2, 0) is 4.79 Å². The molecule has 0 atom stereocenters. The van der Waals surface area contributed by atoms with Gasteiger partial charge in [0.15, 0.2) is 11.5 Å². The summed E-state index contributed by atoms with van der Waals surface area (Å²) in [5.74, 6) is 2.59. The van der Waals surface area contributed by atoms with Gasteiger partial charge >= 0.3 is 0 Å². The molecule has 0 bridgehead atoms. The largest absolute Gasteiger partial charge is 0.497 e. The first-order valence-corrected chi connectivity index (χ1v) is 8.50. The Bertz CT molecular complexity index is 771. The van der Waals surface area contributed by atoms with E-state index in [1.165, 1.54) is 6.08 Å². The summed E-state index contributed by atoms with van der Waals surface area (Å²) in [6, 6.07) is 12.8. The predicted molar refractivity (Wildman–Crippen MR) is 105 cm³/mol. The van der Waals surface area contributed by atoms with Crippen LogP contribution in [-0.4, -0.2) is 52.3 Å². The van der Waals surface area contributed by atoms with Gasteiger partial charge in [-0.1, -0.05) is 12.1 Å². The normalized spacial score (nSPS) is 10.5. The van der Waals surface area contributed by atoms with E-state index >= 15 is 0 Å². The van der Waals surface area contributed by atoms with Crippen LogP contribution in [0, 0.1) is 0 Å². The molecule has 0 aliphatic carbocycles. The first-order chi connectivity index (χ1) is 13.1. The molecule has 0 spiro atoms. The zero-order chi connectivity index (χ0) is 19.6. The Kier molecular flexibility index (Phi) is 7.55. The van der Waals surface area contributed by atoms with Crippen molar-refractivity contribution in [1.29, 1.82) is 0 Å². The van der Waals surface area contributed by atoms with E-state index in [-0.39, 0.29) is 5.91 Å². The molecule has 6 nitrogen and oxygen atoms in total. The summed E-state index contributed by atoms with van der Waals surface area (Å²) < 4.78 is 21.4. The molecule has 0 saturated heterocycles. The van der Waals surface area contributed by atoms with Crippen molar-refractivity contribution in [3.63, 3.8) is 0 Å². The first kappa shape index (κ1) is 20.2. The fraction of sp³-hybridized carbons (Fsp3) is 0.286. The monoisotopic (exact) mass is 371 g/mol. The Morgan fingerprint density at radius 1 is 0.963 bits per heavy atom. The molecule has 144 valence electrons. The smallest absolute Gasteiger partial charge is 0.246 e. The van der Waals surface area contributed by atoms with Gasteiger partial charge in [0.1, 0.15) is 18.1 Å². The van der Waals surface area contributed by atoms with Crippen LogP contribution in [0.25, 0.3) is 6.08 Å². The molecule has 0 fully saturated rings. The van der Waals surface area contributed by atoms with Crippen molar-refractivity contribution in [1.82, 2.24) is 4.90 Å². The number of carbonyl (C=O) groups excluding carboxylic acids is 1. The molecule has 2 aromatic rings. The summed E-state index contributed by atoms with van der Waals surface area (Å²) >= 11 is 0. The third kappa shape index (κ3) is 5.67. The van der Waals surface area contributed by atoms with Gasteiger partial charge in [-0.15, -0.1) is 0 Å². The molecule has 0 N–H and O–H groups in total. The topological polar surface area (TPSA) is 57.2 Å². The molecule has 2 aromatic carbocycles. The fourth-order valence-electron chi connectivity index (χ4n) is 2.41. The lowest BCUT2D eigenvalue weighted by atomic mass is 10.1. The van der Waals surface area contributed by atoms with Gasteiger partial charge in [-0.3, -0.25) is 4.79 Å². The molecule has 0 unspecified atom stereocenters. The van der Waals surface area contributed by atoms with Crippen LogP contribution in [0.3, 0.4) is 0 Å². The summed E-state index contributed by atoms with van der Waals surface area (Å²) in [5, 5.41) is 0. The number of rotatable bonds is 9. The Balaban J connectivity index is 1.88. The van der Waals surface area contributed by atoms with Gasteiger partial charge in [-0.05, 0) is 36.4 Å². The van der Waals surface area contributed by atoms with Gasteiger partial charge in [0, 0.05) is 18.7 Å². The second-order valence-electron chi connectivity index (χ2n) is 5.70. The third-order valence-corrected chi connectivity index (χ3v) is 3.97. The quantitative estimate of drug-likeness (QED) is 0.633. The summed E-state index contributed by atoms with van der Waals surface area (Å²) in [6.45, 7) is 0.856. The van der Waals surface area contributed by atoms with Crippen LogP contribution < -0.4 is 18.9 Å². The lowest BCUT2D eigenvalue weighted by molar-refractivity contribution is -0.125. The van der Waals surface area contributed by atoms with E-state index in [0.29, 0.717) is 24.7 Å². The Hall–Kier alpha value is -3.15. The average Bonchev–Trinajstić information content (AvgIpc) is 2.71. The number of ether oxygens (including phenoxy) is 4. The minimum atomic E-state index is -0.127. The van der Waals surface area contributed by atoms with E-state index in [0.717, 1.165) is 17.1 Å². The van der Waals surface area contributed by atoms with Crippen LogP contribution in [0.1, 0.15) is 5.56 Å². The molecular formula is C21H25NO5. The van der Waals surface area contributed by atoms with Crippen molar-refractivity contribution in [2.75, 3.05) is 41.5 Å². The molecule has 0 aliphatic rings. The van der Waals surface area contributed by atoms with Gasteiger partial charge in [0.2, 0.25) is 5.91 Å². The van der Waals surface area contributed by atoms with Crippen molar-refractivity contribution < 1.29 is 23.7 Å². The number of hydrogen-bond acceptors (Lipinski definition) is 5. The number of hydrogen-bond donors (Lipinski definition) is 0. The number of amides is 1. The van der Waals surface area contributed by atoms with Crippen LogP contribution in [0.4, 0.5) is 0 Å². The van der Waals surface area contributed by atoms with Gasteiger partial charge in [0.05, 0.1) is 27.9 Å². The summed E-state index contributed by atoms with van der Waals surface area (Å²) in [5.41, 5.74) is 0.771. The Morgan fingerprint density at radius 3 is 2.30 bits per heavy atom. The minimum Gasteiger partial charge on any atom is -0.497 e. The zero-order valence-corrected chi connectivity index (χ0v) is 16.1. The van der Waals surface area contributed by atoms with Crippen LogP contribution in [0.15, 0.2) is 48.5 Å². The van der Waals surface area contributed by atoms with E-state index in [9.17, 15) is 4.79 Å². The molecule has 0 heterocycles. The van der Waals surface area contributed by atoms with E-state index in [1.54, 1.807) is 45.4 Å². The number of benzene rings is 2. The second kappa shape index (κ2) is 10.1. The van der Waals surface area contributed by atoms with Crippen LogP contribution in [0.5, 0.6) is 23.0 Å². The van der Waals surface area contributed by atoms with Gasteiger partial charge < -0.3 is 23.8 Å². The highest BCUT2D eigenvalue weighted by Crippen LogP contribution is 2.31. The van der Waals surface area contributed by atoms with Gasteiger partial charge in [-0.2, -0.15) is 0 Å². The Labute approximate surface area is 159 Å². The highest BCUT2D eigenvalue weighted by atomic mass is 16.5. The van der Waals surface area contributed by atoms with Crippen molar-refractivity contribution in [2.24, 2.45) is 0 Å². The SMILES string of the molecule is COc1ccc(OCCN(C)C(=O)/C=C/c2cccc(OC)c2OC)cc1. The number of likely N-dealkylation sites (N-methyl/N-ethyl adjacent to an activating group) is 1. The maximum Gasteiger partial charge on any atom is 0.246 e. The standard InChI is InChI=1S/C21H25NO5/c1-22(14-15-27-18-11-9-17(24-2)10-12-18)20(23)13-8-16-6-5-7-19(25-3)21(16)26-4/h5-13H,14-15H2,1-4H3/b13-8+. The van der Waals surface area contributed by atoms with E-state index in [2.05, 4.69) is 0 Å². The average molecular weight is 371 g/mol. The molecule has 0 aromatic heterocycles. The maximum absolute atomic E-state index is 12.3. The van der Waals surface area contributed by atoms with E-state index in [4.69, 9.17) is 18.9 Å². The number of methoxy groups -OCH3 is 3. The van der Waals surface area contributed by atoms with E-state index in [1.807, 2.05) is 36.4 Å². The van der Waals surface area contributed by atoms with Gasteiger partial charge in [-0.25, -0.2) is 0 Å². The maximum atomic E-state index is 12.3. The molecule has 0 radical (unpaired) electrons. The molecule has 2 rings (SSSR count). The molecule has 0 saturated carbocycles. The second-order valence-corrected chi connectivity index (χ2v) is 5.70. The lowest BCUT2D eigenvalue weighted by Gasteiger charge is -2.16. The zero-order valence-electron chi connectivity index (χ0n) is 16.1. The third-order valence-electron chi connectivity index (χ3n) is 3.97. The van der Waals surface area contributed by atoms with Crippen LogP contribution in [0.2, 0.25) is 0 Å². The van der Waals surface area contributed by atoms with Gasteiger partial charge in [0.25, 0.3) is 0 Å². The minimum absolute atomic E-state index is 0.127. The Morgan fingerprint density at radius 2 is 1.67 bits per heavy atom. The highest BCUT2D eigenvalue weighted by molar-refractivity contribution is 5.92. The molecule has 1 amide bonds. The van der Waals surface area contributed by atoms with Crippen molar-refractivity contribution in [3.05, 3.63) is 54.1 Å². The summed E-state index contributed by atoms with van der Waals surface area (Å²) in [4.78, 5) is 13.9. The predicted octanol–water partition coefficient (Wildman–Crippen LogP) is 3.26. The molecule has 0 aliphatic heterocycles. The first-order valence-electron chi connectivity index (χ1n) is 8.50. The highest BCUT2D eigenvalue weighted by Gasteiger charge is 2.09. The fourth-order valence-corrected chi connectivity index (χ4v) is 2.41. The van der Waals surface area contributed by atoms with Crippen molar-refractivity contribution in [3.8, 4) is 23.0 Å². The number of nitrogens with zero attached hydrogens (tertiary/aromatic N) is 1. The molecule has 27 heavy (non-hydrogen) atoms. The number of carbonyl (C=O) groups is 1. The summed E-state index contributed by atoms with van der Waals surface area (Å²) in [7, 11) is 6.49. The van der Waals surface area contributed by atoms with Crippen LogP contribution >= 0.6 is 0 Å². The summed E-state index contributed by atoms with van der Waals surface area (Å²) in [6.07, 6.45) is 3.22. The van der Waals surface area contributed by atoms with Crippen molar-refractivity contribution in [2.45, 2.75) is 0 Å². The van der Waals surface area contributed by atoms with Crippen molar-refractivity contribution >= 4 is 12.0 Å².